The quantitative estimate of drug-likeness (QED) is 0.451. The van der Waals surface area contributed by atoms with Crippen LogP contribution in [0.5, 0.6) is 0 Å². The summed E-state index contributed by atoms with van der Waals surface area (Å²) in [5.74, 6) is 0.145. The number of aliphatic hydroxyl groups excluding tert-OH is 1. The van der Waals surface area contributed by atoms with E-state index in [0.29, 0.717) is 0 Å². The number of halogens is 1. The van der Waals surface area contributed by atoms with E-state index < -0.39 is 0 Å². The molecule has 0 rings (SSSR count). The summed E-state index contributed by atoms with van der Waals surface area (Å²) in [6, 6.07) is 0. The monoisotopic (exact) mass is 92.0 g/mol. The predicted molar refractivity (Wildman–Crippen MR) is 22.2 cm³/mol. The van der Waals surface area contributed by atoms with Gasteiger partial charge in [0.1, 0.15) is 5.76 Å². The van der Waals surface area contributed by atoms with Gasteiger partial charge in [-0.1, -0.05) is 11.6 Å². The van der Waals surface area contributed by atoms with Crippen molar-refractivity contribution in [1.29, 1.82) is 0 Å². The average molecular weight is 92.5 g/mol. The fourth-order valence-corrected chi connectivity index (χ4v) is 0. The van der Waals surface area contributed by atoms with Crippen molar-refractivity contribution in [2.45, 2.75) is 6.92 Å². The normalized spacial score (nSPS) is 12.0. The first-order valence-corrected chi connectivity index (χ1v) is 1.67. The van der Waals surface area contributed by atoms with E-state index in [4.69, 9.17) is 16.7 Å². The van der Waals surface area contributed by atoms with Crippen molar-refractivity contribution in [3.05, 3.63) is 11.3 Å². The Hall–Kier alpha value is -0.170. The lowest BCUT2D eigenvalue weighted by molar-refractivity contribution is 0.416. The predicted octanol–water partition coefficient (Wildman–Crippen LogP) is 1.64. The third-order valence-corrected chi connectivity index (χ3v) is 0.474. The van der Waals surface area contributed by atoms with Crippen LogP contribution in [0.2, 0.25) is 0 Å². The number of rotatable bonds is 0. The van der Waals surface area contributed by atoms with Crippen LogP contribution in [0, 0.1) is 0 Å². The van der Waals surface area contributed by atoms with Crippen LogP contribution in [0.25, 0.3) is 0 Å². The van der Waals surface area contributed by atoms with Crippen molar-refractivity contribution in [2.24, 2.45) is 0 Å². The first-order chi connectivity index (χ1) is 2.27. The van der Waals surface area contributed by atoms with Crippen LogP contribution in [0.3, 0.4) is 0 Å². The molecule has 0 radical (unpaired) electrons. The Bertz CT molecular complexity index is 44.9. The number of hydrogen-bond donors (Lipinski definition) is 1. The Morgan fingerprint density at radius 3 is 2.20 bits per heavy atom. The van der Waals surface area contributed by atoms with Gasteiger partial charge in [-0.05, 0) is 6.92 Å². The molecule has 0 aromatic rings. The Kier molecular flexibility index (Phi) is 2.02. The molecule has 0 bridgehead atoms. The van der Waals surface area contributed by atoms with Gasteiger partial charge in [-0.25, -0.2) is 0 Å². The molecule has 0 aliphatic heterocycles. The zero-order valence-electron chi connectivity index (χ0n) is 2.90. The van der Waals surface area contributed by atoms with Crippen molar-refractivity contribution in [3.63, 3.8) is 0 Å². The Labute approximate surface area is 35.9 Å². The fraction of sp³-hybridized carbons (Fsp3) is 0.333. The van der Waals surface area contributed by atoms with Gasteiger partial charge in [0.2, 0.25) is 0 Å². The average Bonchev–Trinajstić information content (AvgIpc) is 1.38. The van der Waals surface area contributed by atoms with Gasteiger partial charge in [-0.3, -0.25) is 0 Å². The summed E-state index contributed by atoms with van der Waals surface area (Å²) in [5, 5.41) is 8.09. The van der Waals surface area contributed by atoms with E-state index in [1.165, 1.54) is 6.92 Å². The molecule has 0 saturated heterocycles. The van der Waals surface area contributed by atoms with Gasteiger partial charge in [0.15, 0.2) is 0 Å². The molecule has 0 spiro atoms. The lowest BCUT2D eigenvalue weighted by atomic mass is 10.7. The van der Waals surface area contributed by atoms with Gasteiger partial charge in [0.05, 0.1) is 0 Å². The number of hydrogen-bond acceptors (Lipinski definition) is 1. The van der Waals surface area contributed by atoms with Gasteiger partial charge in [0.25, 0.3) is 0 Å². The van der Waals surface area contributed by atoms with E-state index in [0.717, 1.165) is 5.54 Å². The molecular weight excluding hydrogens is 87.5 g/mol. The molecular formula is C3H5ClO. The van der Waals surface area contributed by atoms with E-state index in [1.807, 2.05) is 0 Å². The Morgan fingerprint density at radius 2 is 2.20 bits per heavy atom. The molecule has 0 unspecified atom stereocenters. The lowest BCUT2D eigenvalue weighted by Gasteiger charge is -1.73. The van der Waals surface area contributed by atoms with Crippen molar-refractivity contribution < 1.29 is 5.11 Å². The molecule has 0 amide bonds. The maximum atomic E-state index is 8.09. The minimum Gasteiger partial charge on any atom is -0.512 e. The largest absolute Gasteiger partial charge is 0.512 e. The summed E-state index contributed by atoms with van der Waals surface area (Å²) in [6.45, 7) is 1.51. The molecule has 0 heterocycles. The highest BCUT2D eigenvalue weighted by Crippen LogP contribution is 1.84. The number of aliphatic hydroxyl groups is 1. The van der Waals surface area contributed by atoms with Crippen molar-refractivity contribution in [3.8, 4) is 0 Å². The molecule has 2 heteroatoms. The summed E-state index contributed by atoms with van der Waals surface area (Å²) in [6.07, 6.45) is 0. The second-order valence-corrected chi connectivity index (χ2v) is 0.969. The van der Waals surface area contributed by atoms with Crippen molar-refractivity contribution in [1.82, 2.24) is 0 Å². The van der Waals surface area contributed by atoms with Gasteiger partial charge in [-0.2, -0.15) is 0 Å². The smallest absolute Gasteiger partial charge is 0.100 e. The van der Waals surface area contributed by atoms with Crippen molar-refractivity contribution in [2.75, 3.05) is 0 Å². The summed E-state index contributed by atoms with van der Waals surface area (Å²) < 4.78 is 0. The third-order valence-electron chi connectivity index (χ3n) is 0.158. The van der Waals surface area contributed by atoms with Crippen molar-refractivity contribution >= 4 is 11.6 Å². The summed E-state index contributed by atoms with van der Waals surface area (Å²) >= 11 is 4.92. The van der Waals surface area contributed by atoms with Crippen LogP contribution in [-0.4, -0.2) is 5.11 Å². The molecule has 0 aliphatic carbocycles. The van der Waals surface area contributed by atoms with Crippen LogP contribution < -0.4 is 0 Å². The summed E-state index contributed by atoms with van der Waals surface area (Å²) in [4.78, 5) is 0. The molecule has 30 valence electrons. The molecule has 5 heavy (non-hydrogen) atoms. The standard InChI is InChI=1S/C3H5ClO/c1-3(5)2-4/h2,5H,1H3/b3-2-. The van der Waals surface area contributed by atoms with Gasteiger partial charge in [-0.15, -0.1) is 0 Å². The van der Waals surface area contributed by atoms with Gasteiger partial charge in [0, 0.05) is 5.54 Å². The van der Waals surface area contributed by atoms with Crippen LogP contribution in [-0.2, 0) is 0 Å². The van der Waals surface area contributed by atoms with E-state index in [2.05, 4.69) is 0 Å². The molecule has 1 N–H and O–H groups in total. The van der Waals surface area contributed by atoms with Crippen LogP contribution in [0.1, 0.15) is 6.92 Å². The molecule has 0 aromatic heterocycles. The summed E-state index contributed by atoms with van der Waals surface area (Å²) in [7, 11) is 0. The van der Waals surface area contributed by atoms with E-state index in [1.54, 1.807) is 0 Å². The molecule has 1 nitrogen and oxygen atoms in total. The summed E-state index contributed by atoms with van der Waals surface area (Å²) in [5.41, 5.74) is 1.11. The zero-order chi connectivity index (χ0) is 4.28. The molecule has 0 atom stereocenters. The minimum atomic E-state index is 0.145. The SMILES string of the molecule is C/C(O)=C/Cl. The fourth-order valence-electron chi connectivity index (χ4n) is 0. The molecule has 0 aliphatic rings. The van der Waals surface area contributed by atoms with E-state index in [-0.39, 0.29) is 5.76 Å². The van der Waals surface area contributed by atoms with Crippen LogP contribution >= 0.6 is 11.6 Å². The zero-order valence-corrected chi connectivity index (χ0v) is 3.66. The second-order valence-electron chi connectivity index (χ2n) is 0.750. The lowest BCUT2D eigenvalue weighted by Crippen LogP contribution is -1.58. The Morgan fingerprint density at radius 1 is 2.00 bits per heavy atom. The first-order valence-electron chi connectivity index (χ1n) is 1.23. The van der Waals surface area contributed by atoms with Gasteiger partial charge < -0.3 is 5.11 Å². The van der Waals surface area contributed by atoms with E-state index in [9.17, 15) is 0 Å². The maximum absolute atomic E-state index is 8.09. The molecule has 0 saturated carbocycles. The topological polar surface area (TPSA) is 20.2 Å². The van der Waals surface area contributed by atoms with Gasteiger partial charge >= 0.3 is 0 Å². The second kappa shape index (κ2) is 2.09. The highest BCUT2D eigenvalue weighted by atomic mass is 35.5. The highest BCUT2D eigenvalue weighted by molar-refractivity contribution is 6.25. The van der Waals surface area contributed by atoms with E-state index >= 15 is 0 Å². The van der Waals surface area contributed by atoms with Crippen LogP contribution in [0.4, 0.5) is 0 Å². The number of allylic oxidation sites excluding steroid dienone is 1. The first kappa shape index (κ1) is 4.83. The third kappa shape index (κ3) is 3.83. The van der Waals surface area contributed by atoms with Crippen LogP contribution in [0.15, 0.2) is 11.3 Å². The molecule has 0 aromatic carbocycles. The molecule has 0 fully saturated rings. The maximum Gasteiger partial charge on any atom is 0.100 e. The highest BCUT2D eigenvalue weighted by Gasteiger charge is 1.65. The Balaban J connectivity index is 3.14. The minimum absolute atomic E-state index is 0.145.